The van der Waals surface area contributed by atoms with E-state index in [1.54, 1.807) is 35.2 Å². The van der Waals surface area contributed by atoms with Crippen LogP contribution in [0.15, 0.2) is 54.6 Å². The van der Waals surface area contributed by atoms with Crippen molar-refractivity contribution in [2.45, 2.75) is 31.7 Å². The SMILES string of the molecule is O=C(c1ccccc1)C1CCCN1C(=O)CCc1ccccc1F. The van der Waals surface area contributed by atoms with Gasteiger partial charge in [0.25, 0.3) is 0 Å². The minimum Gasteiger partial charge on any atom is -0.332 e. The Morgan fingerprint density at radius 3 is 2.50 bits per heavy atom. The van der Waals surface area contributed by atoms with E-state index in [2.05, 4.69) is 0 Å². The van der Waals surface area contributed by atoms with Gasteiger partial charge in [-0.25, -0.2) is 4.39 Å². The second kappa shape index (κ2) is 7.39. The van der Waals surface area contributed by atoms with Crippen LogP contribution in [0.3, 0.4) is 0 Å². The summed E-state index contributed by atoms with van der Waals surface area (Å²) in [4.78, 5) is 26.8. The Morgan fingerprint density at radius 2 is 1.75 bits per heavy atom. The van der Waals surface area contributed by atoms with Gasteiger partial charge in [0.2, 0.25) is 5.91 Å². The van der Waals surface area contributed by atoms with Gasteiger partial charge in [0.15, 0.2) is 5.78 Å². The number of amides is 1. The minimum absolute atomic E-state index is 0.00709. The predicted octanol–water partition coefficient (Wildman–Crippen LogP) is 3.63. The fourth-order valence-corrected chi connectivity index (χ4v) is 3.22. The molecule has 1 aliphatic heterocycles. The van der Waals surface area contributed by atoms with Crippen LogP contribution in [0.4, 0.5) is 4.39 Å². The van der Waals surface area contributed by atoms with Crippen molar-refractivity contribution in [3.05, 3.63) is 71.5 Å². The van der Waals surface area contributed by atoms with E-state index in [0.717, 1.165) is 6.42 Å². The molecule has 1 atom stereocenters. The predicted molar refractivity (Wildman–Crippen MR) is 90.2 cm³/mol. The van der Waals surface area contributed by atoms with Crippen LogP contribution in [0.2, 0.25) is 0 Å². The molecule has 4 heteroatoms. The Kier molecular flexibility index (Phi) is 5.04. The molecule has 0 N–H and O–H groups in total. The maximum atomic E-state index is 13.7. The molecule has 3 rings (SSSR count). The lowest BCUT2D eigenvalue weighted by Crippen LogP contribution is -2.40. The number of ketones is 1. The van der Waals surface area contributed by atoms with Crippen molar-refractivity contribution < 1.29 is 14.0 Å². The van der Waals surface area contributed by atoms with E-state index < -0.39 is 0 Å². The van der Waals surface area contributed by atoms with Crippen molar-refractivity contribution in [3.8, 4) is 0 Å². The fourth-order valence-electron chi connectivity index (χ4n) is 3.22. The molecule has 124 valence electrons. The smallest absolute Gasteiger partial charge is 0.223 e. The number of Topliss-reactive ketones (excluding diaryl/α,β-unsaturated/α-hetero) is 1. The second-order valence-electron chi connectivity index (χ2n) is 6.07. The number of hydrogen-bond acceptors (Lipinski definition) is 2. The van der Waals surface area contributed by atoms with Crippen LogP contribution in [-0.2, 0) is 11.2 Å². The van der Waals surface area contributed by atoms with Crippen molar-refractivity contribution in [2.24, 2.45) is 0 Å². The summed E-state index contributed by atoms with van der Waals surface area (Å²) in [6, 6.07) is 15.2. The molecule has 3 nitrogen and oxygen atoms in total. The highest BCUT2D eigenvalue weighted by Crippen LogP contribution is 2.23. The summed E-state index contributed by atoms with van der Waals surface area (Å²) in [7, 11) is 0. The molecule has 0 radical (unpaired) electrons. The summed E-state index contributed by atoms with van der Waals surface area (Å²) in [6.07, 6.45) is 2.10. The summed E-state index contributed by atoms with van der Waals surface area (Å²) in [5, 5.41) is 0. The number of halogens is 1. The van der Waals surface area contributed by atoms with Gasteiger partial charge in [0.05, 0.1) is 6.04 Å². The zero-order chi connectivity index (χ0) is 16.9. The summed E-state index contributed by atoms with van der Waals surface area (Å²) in [5.74, 6) is -0.374. The number of nitrogens with zero attached hydrogens (tertiary/aromatic N) is 1. The average Bonchev–Trinajstić information content (AvgIpc) is 3.10. The topological polar surface area (TPSA) is 37.4 Å². The number of likely N-dealkylation sites (tertiary alicyclic amines) is 1. The zero-order valence-electron chi connectivity index (χ0n) is 13.5. The minimum atomic E-state index is -0.388. The molecule has 24 heavy (non-hydrogen) atoms. The molecule has 1 amide bonds. The largest absolute Gasteiger partial charge is 0.332 e. The highest BCUT2D eigenvalue weighted by Gasteiger charge is 2.34. The van der Waals surface area contributed by atoms with Crippen LogP contribution >= 0.6 is 0 Å². The summed E-state index contributed by atoms with van der Waals surface area (Å²) in [5.41, 5.74) is 1.17. The molecule has 1 unspecified atom stereocenters. The van der Waals surface area contributed by atoms with Crippen molar-refractivity contribution >= 4 is 11.7 Å². The molecule has 1 aliphatic rings. The van der Waals surface area contributed by atoms with Gasteiger partial charge in [-0.1, -0.05) is 48.5 Å². The van der Waals surface area contributed by atoms with E-state index >= 15 is 0 Å². The van der Waals surface area contributed by atoms with Gasteiger partial charge in [-0.3, -0.25) is 9.59 Å². The standard InChI is InChI=1S/C20H20FNO2/c21-17-10-5-4-7-15(17)12-13-19(23)22-14-6-11-18(22)20(24)16-8-2-1-3-9-16/h1-5,7-10,18H,6,11-14H2. The number of aryl methyl sites for hydroxylation is 1. The number of carbonyl (C=O) groups excluding carboxylic acids is 2. The van der Waals surface area contributed by atoms with E-state index in [1.165, 1.54) is 6.07 Å². The number of hydrogen-bond donors (Lipinski definition) is 0. The number of rotatable bonds is 5. The highest BCUT2D eigenvalue weighted by atomic mass is 19.1. The van der Waals surface area contributed by atoms with Crippen LogP contribution in [0.5, 0.6) is 0 Å². The number of carbonyl (C=O) groups is 2. The first-order valence-electron chi connectivity index (χ1n) is 8.29. The quantitative estimate of drug-likeness (QED) is 0.787. The van der Waals surface area contributed by atoms with Crippen LogP contribution in [0, 0.1) is 5.82 Å². The van der Waals surface area contributed by atoms with Crippen LogP contribution in [0.25, 0.3) is 0 Å². The van der Waals surface area contributed by atoms with Gasteiger partial charge in [0.1, 0.15) is 5.82 Å². The summed E-state index contributed by atoms with van der Waals surface area (Å²) < 4.78 is 13.7. The molecule has 1 saturated heterocycles. The van der Waals surface area contributed by atoms with Crippen LogP contribution < -0.4 is 0 Å². The Hall–Kier alpha value is -2.49. The van der Waals surface area contributed by atoms with Crippen molar-refractivity contribution in [1.29, 1.82) is 0 Å². The molecule has 0 spiro atoms. The van der Waals surface area contributed by atoms with Gasteiger partial charge in [-0.2, -0.15) is 0 Å². The Bertz CT molecular complexity index is 729. The van der Waals surface area contributed by atoms with E-state index in [1.807, 2.05) is 18.2 Å². The van der Waals surface area contributed by atoms with Crippen molar-refractivity contribution in [2.75, 3.05) is 6.54 Å². The summed E-state index contributed by atoms with van der Waals surface area (Å²) in [6.45, 7) is 0.597. The van der Waals surface area contributed by atoms with E-state index in [-0.39, 0.29) is 30.0 Å². The summed E-state index contributed by atoms with van der Waals surface area (Å²) >= 11 is 0. The molecule has 0 aromatic heterocycles. The lowest BCUT2D eigenvalue weighted by Gasteiger charge is -2.24. The normalized spacial score (nSPS) is 17.0. The van der Waals surface area contributed by atoms with Crippen molar-refractivity contribution in [1.82, 2.24) is 4.90 Å². The fraction of sp³-hybridized carbons (Fsp3) is 0.300. The molecule has 0 aliphatic carbocycles. The second-order valence-corrected chi connectivity index (χ2v) is 6.07. The molecular formula is C20H20FNO2. The Balaban J connectivity index is 1.66. The Morgan fingerprint density at radius 1 is 1.04 bits per heavy atom. The molecule has 0 saturated carbocycles. The highest BCUT2D eigenvalue weighted by molar-refractivity contribution is 6.02. The first-order chi connectivity index (χ1) is 11.7. The third-order valence-electron chi connectivity index (χ3n) is 4.50. The molecule has 0 bridgehead atoms. The van der Waals surface area contributed by atoms with Gasteiger partial charge >= 0.3 is 0 Å². The average molecular weight is 325 g/mol. The molecule has 2 aromatic carbocycles. The Labute approximate surface area is 141 Å². The lowest BCUT2D eigenvalue weighted by molar-refractivity contribution is -0.131. The zero-order valence-corrected chi connectivity index (χ0v) is 13.5. The molecular weight excluding hydrogens is 305 g/mol. The van der Waals surface area contributed by atoms with Gasteiger partial charge in [-0.05, 0) is 30.9 Å². The molecule has 1 fully saturated rings. The van der Waals surface area contributed by atoms with Crippen LogP contribution in [0.1, 0.15) is 35.2 Å². The monoisotopic (exact) mass is 325 g/mol. The van der Waals surface area contributed by atoms with Crippen molar-refractivity contribution in [3.63, 3.8) is 0 Å². The molecule has 2 aromatic rings. The van der Waals surface area contributed by atoms with Crippen LogP contribution in [-0.4, -0.2) is 29.2 Å². The lowest BCUT2D eigenvalue weighted by atomic mass is 10.0. The van der Waals surface area contributed by atoms with Gasteiger partial charge in [0, 0.05) is 18.5 Å². The van der Waals surface area contributed by atoms with Gasteiger partial charge in [-0.15, -0.1) is 0 Å². The number of benzene rings is 2. The van der Waals surface area contributed by atoms with E-state index in [0.29, 0.717) is 30.5 Å². The maximum Gasteiger partial charge on any atom is 0.223 e. The first kappa shape index (κ1) is 16.4. The molecule has 1 heterocycles. The van der Waals surface area contributed by atoms with E-state index in [4.69, 9.17) is 0 Å². The third-order valence-corrected chi connectivity index (χ3v) is 4.50. The third kappa shape index (κ3) is 3.53. The maximum absolute atomic E-state index is 13.7. The van der Waals surface area contributed by atoms with E-state index in [9.17, 15) is 14.0 Å². The van der Waals surface area contributed by atoms with Gasteiger partial charge < -0.3 is 4.90 Å². The first-order valence-corrected chi connectivity index (χ1v) is 8.29.